The van der Waals surface area contributed by atoms with Crippen molar-refractivity contribution in [2.75, 3.05) is 0 Å². The zero-order valence-electron chi connectivity index (χ0n) is 8.57. The Kier molecular flexibility index (Phi) is 3.02. The van der Waals surface area contributed by atoms with E-state index in [1.165, 1.54) is 5.56 Å². The van der Waals surface area contributed by atoms with Gasteiger partial charge in [-0.3, -0.25) is 4.98 Å². The van der Waals surface area contributed by atoms with Gasteiger partial charge in [-0.25, -0.2) is 0 Å². The summed E-state index contributed by atoms with van der Waals surface area (Å²) >= 11 is 5.95. The lowest BCUT2D eigenvalue weighted by Gasteiger charge is -2.03. The Morgan fingerprint density at radius 2 is 1.93 bits per heavy atom. The van der Waals surface area contributed by atoms with Crippen LogP contribution in [0.2, 0.25) is 5.02 Å². The van der Waals surface area contributed by atoms with E-state index in [4.69, 9.17) is 11.6 Å². The summed E-state index contributed by atoms with van der Waals surface area (Å²) in [7, 11) is 0. The van der Waals surface area contributed by atoms with Crippen LogP contribution in [-0.2, 0) is 6.42 Å². The first-order chi connectivity index (χ1) is 7.29. The van der Waals surface area contributed by atoms with E-state index in [0.717, 1.165) is 22.7 Å². The maximum absolute atomic E-state index is 5.95. The highest BCUT2D eigenvalue weighted by atomic mass is 35.5. The molecule has 0 saturated carbocycles. The summed E-state index contributed by atoms with van der Waals surface area (Å²) in [6.45, 7) is 2.10. The first-order valence-electron chi connectivity index (χ1n) is 5.00. The van der Waals surface area contributed by atoms with Crippen LogP contribution < -0.4 is 0 Å². The van der Waals surface area contributed by atoms with Crippen molar-refractivity contribution < 1.29 is 0 Å². The highest BCUT2D eigenvalue weighted by Crippen LogP contribution is 2.22. The number of pyridine rings is 1. The molecule has 15 heavy (non-hydrogen) atoms. The summed E-state index contributed by atoms with van der Waals surface area (Å²) in [5.41, 5.74) is 3.41. The van der Waals surface area contributed by atoms with Gasteiger partial charge in [-0.2, -0.15) is 0 Å². The SMILES string of the molecule is CCc1cc(-c2cccc(Cl)c2)ccn1. The topological polar surface area (TPSA) is 12.9 Å². The van der Waals surface area contributed by atoms with E-state index >= 15 is 0 Å². The van der Waals surface area contributed by atoms with Gasteiger partial charge in [-0.1, -0.05) is 30.7 Å². The molecule has 0 unspecified atom stereocenters. The van der Waals surface area contributed by atoms with Gasteiger partial charge in [-0.15, -0.1) is 0 Å². The van der Waals surface area contributed by atoms with Crippen LogP contribution >= 0.6 is 11.6 Å². The van der Waals surface area contributed by atoms with Crippen molar-refractivity contribution in [2.45, 2.75) is 13.3 Å². The predicted octanol–water partition coefficient (Wildman–Crippen LogP) is 3.96. The van der Waals surface area contributed by atoms with E-state index in [0.29, 0.717) is 0 Å². The molecule has 0 bridgehead atoms. The van der Waals surface area contributed by atoms with Crippen molar-refractivity contribution in [1.29, 1.82) is 0 Å². The lowest BCUT2D eigenvalue weighted by molar-refractivity contribution is 1.04. The fraction of sp³-hybridized carbons (Fsp3) is 0.154. The molecule has 0 N–H and O–H groups in total. The summed E-state index contributed by atoms with van der Waals surface area (Å²) in [4.78, 5) is 4.27. The number of benzene rings is 1. The second-order valence-corrected chi connectivity index (χ2v) is 3.84. The maximum atomic E-state index is 5.95. The zero-order chi connectivity index (χ0) is 10.7. The van der Waals surface area contributed by atoms with Gasteiger partial charge in [-0.05, 0) is 41.8 Å². The molecule has 1 aromatic carbocycles. The summed E-state index contributed by atoms with van der Waals surface area (Å²) < 4.78 is 0. The average molecular weight is 218 g/mol. The highest BCUT2D eigenvalue weighted by molar-refractivity contribution is 6.30. The van der Waals surface area contributed by atoms with Gasteiger partial charge in [0, 0.05) is 16.9 Å². The quantitative estimate of drug-likeness (QED) is 0.742. The van der Waals surface area contributed by atoms with Crippen molar-refractivity contribution >= 4 is 11.6 Å². The first kappa shape index (κ1) is 10.2. The van der Waals surface area contributed by atoms with Gasteiger partial charge in [0.05, 0.1) is 0 Å². The van der Waals surface area contributed by atoms with E-state index in [1.54, 1.807) is 0 Å². The largest absolute Gasteiger partial charge is 0.261 e. The Hall–Kier alpha value is -1.34. The molecule has 2 aromatic rings. The van der Waals surface area contributed by atoms with Crippen molar-refractivity contribution in [3.8, 4) is 11.1 Å². The third-order valence-corrected chi connectivity index (χ3v) is 2.57. The van der Waals surface area contributed by atoms with Crippen LogP contribution in [0.5, 0.6) is 0 Å². The third kappa shape index (κ3) is 2.37. The molecular weight excluding hydrogens is 206 g/mol. The maximum Gasteiger partial charge on any atom is 0.0412 e. The number of aryl methyl sites for hydroxylation is 1. The van der Waals surface area contributed by atoms with Gasteiger partial charge in [0.2, 0.25) is 0 Å². The number of hydrogen-bond acceptors (Lipinski definition) is 1. The lowest BCUT2D eigenvalue weighted by atomic mass is 10.1. The minimum Gasteiger partial charge on any atom is -0.261 e. The predicted molar refractivity (Wildman–Crippen MR) is 64.1 cm³/mol. The molecule has 1 nitrogen and oxygen atoms in total. The van der Waals surface area contributed by atoms with E-state index in [9.17, 15) is 0 Å². The third-order valence-electron chi connectivity index (χ3n) is 2.34. The van der Waals surface area contributed by atoms with Crippen molar-refractivity contribution in [3.63, 3.8) is 0 Å². The fourth-order valence-corrected chi connectivity index (χ4v) is 1.71. The van der Waals surface area contributed by atoms with Gasteiger partial charge in [0.15, 0.2) is 0 Å². The average Bonchev–Trinajstić information content (AvgIpc) is 2.29. The minimum absolute atomic E-state index is 0.766. The standard InChI is InChI=1S/C13H12ClN/c1-2-13-9-11(6-7-15-13)10-4-3-5-12(14)8-10/h3-9H,2H2,1H3. The van der Waals surface area contributed by atoms with Crippen LogP contribution in [0, 0.1) is 0 Å². The second kappa shape index (κ2) is 4.45. The zero-order valence-corrected chi connectivity index (χ0v) is 9.33. The molecule has 2 rings (SSSR count). The first-order valence-corrected chi connectivity index (χ1v) is 5.38. The lowest BCUT2D eigenvalue weighted by Crippen LogP contribution is -1.87. The van der Waals surface area contributed by atoms with Crippen LogP contribution in [-0.4, -0.2) is 4.98 Å². The fourth-order valence-electron chi connectivity index (χ4n) is 1.52. The Balaban J connectivity index is 2.44. The number of nitrogens with zero attached hydrogens (tertiary/aromatic N) is 1. The van der Waals surface area contributed by atoms with E-state index < -0.39 is 0 Å². The molecule has 0 radical (unpaired) electrons. The van der Waals surface area contributed by atoms with Crippen LogP contribution in [0.4, 0.5) is 0 Å². The Labute approximate surface area is 94.7 Å². The van der Waals surface area contributed by atoms with E-state index in [2.05, 4.69) is 24.0 Å². The molecule has 0 spiro atoms. The molecular formula is C13H12ClN. The molecule has 0 aliphatic heterocycles. The molecule has 76 valence electrons. The van der Waals surface area contributed by atoms with Crippen LogP contribution in [0.15, 0.2) is 42.6 Å². The van der Waals surface area contributed by atoms with E-state index in [1.807, 2.05) is 30.5 Å². The molecule has 1 aromatic heterocycles. The van der Waals surface area contributed by atoms with E-state index in [-0.39, 0.29) is 0 Å². The number of halogens is 1. The molecule has 0 atom stereocenters. The second-order valence-electron chi connectivity index (χ2n) is 3.40. The number of rotatable bonds is 2. The summed E-state index contributed by atoms with van der Waals surface area (Å²) in [5.74, 6) is 0. The number of hydrogen-bond donors (Lipinski definition) is 0. The minimum atomic E-state index is 0.766. The van der Waals surface area contributed by atoms with Gasteiger partial charge in [0.25, 0.3) is 0 Å². The molecule has 0 fully saturated rings. The normalized spacial score (nSPS) is 10.3. The summed E-state index contributed by atoms with van der Waals surface area (Å²) in [6, 6.07) is 12.0. The Bertz CT molecular complexity index is 466. The summed E-state index contributed by atoms with van der Waals surface area (Å²) in [5, 5.41) is 0.766. The van der Waals surface area contributed by atoms with Gasteiger partial charge < -0.3 is 0 Å². The van der Waals surface area contributed by atoms with Gasteiger partial charge >= 0.3 is 0 Å². The van der Waals surface area contributed by atoms with Crippen LogP contribution in [0.1, 0.15) is 12.6 Å². The van der Waals surface area contributed by atoms with Crippen LogP contribution in [0.25, 0.3) is 11.1 Å². The summed E-state index contributed by atoms with van der Waals surface area (Å²) in [6.07, 6.45) is 2.80. The smallest absolute Gasteiger partial charge is 0.0412 e. The number of aromatic nitrogens is 1. The molecule has 0 aliphatic rings. The molecule has 0 saturated heterocycles. The van der Waals surface area contributed by atoms with Crippen molar-refractivity contribution in [2.24, 2.45) is 0 Å². The van der Waals surface area contributed by atoms with Gasteiger partial charge in [0.1, 0.15) is 0 Å². The van der Waals surface area contributed by atoms with Crippen molar-refractivity contribution in [1.82, 2.24) is 4.98 Å². The molecule has 2 heteroatoms. The molecule has 0 amide bonds. The Morgan fingerprint density at radius 3 is 2.67 bits per heavy atom. The van der Waals surface area contributed by atoms with Crippen LogP contribution in [0.3, 0.4) is 0 Å². The van der Waals surface area contributed by atoms with Crippen molar-refractivity contribution in [3.05, 3.63) is 53.3 Å². The molecule has 0 aliphatic carbocycles. The Morgan fingerprint density at radius 1 is 1.13 bits per heavy atom. The highest BCUT2D eigenvalue weighted by Gasteiger charge is 1.99. The monoisotopic (exact) mass is 217 g/mol. The molecule has 1 heterocycles.